The van der Waals surface area contributed by atoms with Crippen molar-refractivity contribution in [3.8, 4) is 0 Å². The topological polar surface area (TPSA) is 30.5 Å². The van der Waals surface area contributed by atoms with Crippen LogP contribution < -0.4 is 5.32 Å². The fourth-order valence-electron chi connectivity index (χ4n) is 2.36. The fraction of sp³-hybridized carbons (Fsp3) is 1.00. The molecule has 1 rings (SSSR count). The Morgan fingerprint density at radius 3 is 2.67 bits per heavy atom. The van der Waals surface area contributed by atoms with Gasteiger partial charge in [0.15, 0.2) is 0 Å². The van der Waals surface area contributed by atoms with Gasteiger partial charge >= 0.3 is 0 Å². The molecule has 1 saturated heterocycles. The molecule has 0 spiro atoms. The van der Waals surface area contributed by atoms with E-state index >= 15 is 0 Å². The molecule has 0 radical (unpaired) electrons. The molecule has 90 valence electrons. The van der Waals surface area contributed by atoms with E-state index in [0.717, 1.165) is 32.8 Å². The maximum Gasteiger partial charge on any atom is 0.0728 e. The van der Waals surface area contributed by atoms with E-state index in [1.807, 2.05) is 0 Å². The van der Waals surface area contributed by atoms with Gasteiger partial charge in [-0.15, -0.1) is 0 Å². The van der Waals surface area contributed by atoms with Crippen molar-refractivity contribution in [1.29, 1.82) is 0 Å². The Morgan fingerprint density at radius 1 is 1.40 bits per heavy atom. The lowest BCUT2D eigenvalue weighted by atomic mass is 9.92. The third kappa shape index (κ3) is 3.74. The van der Waals surface area contributed by atoms with E-state index in [0.29, 0.717) is 18.1 Å². The molecule has 1 aliphatic heterocycles. The summed E-state index contributed by atoms with van der Waals surface area (Å²) in [6.07, 6.45) is 2.57. The summed E-state index contributed by atoms with van der Waals surface area (Å²) in [6.45, 7) is 10.0. The third-order valence-electron chi connectivity index (χ3n) is 3.10. The molecule has 0 aromatic rings. The molecular formula is C12H25NO2. The minimum Gasteiger partial charge on any atom is -0.381 e. The molecule has 0 aliphatic carbocycles. The van der Waals surface area contributed by atoms with Crippen LogP contribution in [0.3, 0.4) is 0 Å². The molecular weight excluding hydrogens is 190 g/mol. The van der Waals surface area contributed by atoms with Crippen molar-refractivity contribution in [1.82, 2.24) is 5.32 Å². The van der Waals surface area contributed by atoms with Crippen LogP contribution in [-0.4, -0.2) is 38.5 Å². The molecule has 3 unspecified atom stereocenters. The fourth-order valence-corrected chi connectivity index (χ4v) is 2.36. The van der Waals surface area contributed by atoms with Gasteiger partial charge in [-0.3, -0.25) is 0 Å². The highest BCUT2D eigenvalue weighted by Gasteiger charge is 2.30. The highest BCUT2D eigenvalue weighted by molar-refractivity contribution is 4.85. The van der Waals surface area contributed by atoms with Gasteiger partial charge in [0, 0.05) is 25.2 Å². The Morgan fingerprint density at radius 2 is 2.20 bits per heavy atom. The van der Waals surface area contributed by atoms with E-state index in [1.54, 1.807) is 0 Å². The van der Waals surface area contributed by atoms with Gasteiger partial charge in [0.25, 0.3) is 0 Å². The maximum atomic E-state index is 5.80. The first-order valence-corrected chi connectivity index (χ1v) is 6.26. The van der Waals surface area contributed by atoms with Gasteiger partial charge in [0.1, 0.15) is 0 Å². The lowest BCUT2D eigenvalue weighted by Gasteiger charge is -2.30. The quantitative estimate of drug-likeness (QED) is 0.702. The van der Waals surface area contributed by atoms with E-state index in [9.17, 15) is 0 Å². The van der Waals surface area contributed by atoms with E-state index in [1.165, 1.54) is 6.42 Å². The standard InChI is InChI=1S/C12H25NO2/c1-4-11(15-6-3)12(13-5-2)10-7-8-14-9-10/h10-13H,4-9H2,1-3H3. The summed E-state index contributed by atoms with van der Waals surface area (Å²) in [7, 11) is 0. The highest BCUT2D eigenvalue weighted by Crippen LogP contribution is 2.22. The van der Waals surface area contributed by atoms with Crippen LogP contribution in [0.4, 0.5) is 0 Å². The predicted molar refractivity (Wildman–Crippen MR) is 62.1 cm³/mol. The molecule has 3 atom stereocenters. The second-order valence-corrected chi connectivity index (χ2v) is 4.11. The van der Waals surface area contributed by atoms with Gasteiger partial charge in [0.2, 0.25) is 0 Å². The SMILES string of the molecule is CCNC(C1CCOC1)C(CC)OCC. The van der Waals surface area contributed by atoms with Crippen molar-refractivity contribution in [2.45, 2.75) is 45.8 Å². The monoisotopic (exact) mass is 215 g/mol. The van der Waals surface area contributed by atoms with Crippen LogP contribution in [0.1, 0.15) is 33.6 Å². The molecule has 1 fully saturated rings. The second-order valence-electron chi connectivity index (χ2n) is 4.11. The van der Waals surface area contributed by atoms with Gasteiger partial charge in [-0.1, -0.05) is 13.8 Å². The molecule has 0 aromatic heterocycles. The van der Waals surface area contributed by atoms with Crippen LogP contribution in [0.5, 0.6) is 0 Å². The molecule has 0 bridgehead atoms. The van der Waals surface area contributed by atoms with Gasteiger partial charge in [-0.05, 0) is 26.3 Å². The molecule has 1 aliphatic rings. The van der Waals surface area contributed by atoms with Crippen LogP contribution in [0, 0.1) is 5.92 Å². The van der Waals surface area contributed by atoms with Crippen molar-refractivity contribution in [2.75, 3.05) is 26.4 Å². The van der Waals surface area contributed by atoms with Crippen molar-refractivity contribution < 1.29 is 9.47 Å². The Balaban J connectivity index is 2.52. The maximum absolute atomic E-state index is 5.80. The summed E-state index contributed by atoms with van der Waals surface area (Å²) in [5.41, 5.74) is 0. The Labute approximate surface area is 93.5 Å². The van der Waals surface area contributed by atoms with Crippen molar-refractivity contribution in [3.63, 3.8) is 0 Å². The zero-order valence-corrected chi connectivity index (χ0v) is 10.3. The third-order valence-corrected chi connectivity index (χ3v) is 3.10. The molecule has 3 heteroatoms. The van der Waals surface area contributed by atoms with E-state index in [2.05, 4.69) is 26.1 Å². The summed E-state index contributed by atoms with van der Waals surface area (Å²) in [4.78, 5) is 0. The van der Waals surface area contributed by atoms with Crippen molar-refractivity contribution >= 4 is 0 Å². The molecule has 0 amide bonds. The number of hydrogen-bond donors (Lipinski definition) is 1. The summed E-state index contributed by atoms with van der Waals surface area (Å²) in [6, 6.07) is 0.461. The van der Waals surface area contributed by atoms with Crippen LogP contribution in [0.25, 0.3) is 0 Å². The number of likely N-dealkylation sites (N-methyl/N-ethyl adjacent to an activating group) is 1. The minimum atomic E-state index is 0.335. The zero-order chi connectivity index (χ0) is 11.1. The van der Waals surface area contributed by atoms with E-state index < -0.39 is 0 Å². The van der Waals surface area contributed by atoms with E-state index in [4.69, 9.17) is 9.47 Å². The van der Waals surface area contributed by atoms with Gasteiger partial charge < -0.3 is 14.8 Å². The van der Waals surface area contributed by atoms with Gasteiger partial charge in [0.05, 0.1) is 12.7 Å². The lowest BCUT2D eigenvalue weighted by Crippen LogP contribution is -2.46. The van der Waals surface area contributed by atoms with Crippen molar-refractivity contribution in [3.05, 3.63) is 0 Å². The summed E-state index contributed by atoms with van der Waals surface area (Å²) in [5.74, 6) is 0.626. The first kappa shape index (κ1) is 12.9. The Hall–Kier alpha value is -0.120. The van der Waals surface area contributed by atoms with Crippen LogP contribution in [0.15, 0.2) is 0 Å². The molecule has 1 heterocycles. The number of hydrogen-bond acceptors (Lipinski definition) is 3. The smallest absolute Gasteiger partial charge is 0.0728 e. The normalized spacial score (nSPS) is 25.4. The first-order chi connectivity index (χ1) is 7.33. The zero-order valence-electron chi connectivity index (χ0n) is 10.3. The number of ether oxygens (including phenoxy) is 2. The Bertz CT molecular complexity index is 158. The lowest BCUT2D eigenvalue weighted by molar-refractivity contribution is 0.0136. The molecule has 0 saturated carbocycles. The largest absolute Gasteiger partial charge is 0.381 e. The van der Waals surface area contributed by atoms with E-state index in [-0.39, 0.29) is 0 Å². The number of rotatable bonds is 7. The van der Waals surface area contributed by atoms with Gasteiger partial charge in [-0.2, -0.15) is 0 Å². The first-order valence-electron chi connectivity index (χ1n) is 6.26. The van der Waals surface area contributed by atoms with Crippen LogP contribution in [-0.2, 0) is 9.47 Å². The summed E-state index contributed by atoms with van der Waals surface area (Å²) in [5, 5.41) is 3.56. The van der Waals surface area contributed by atoms with Crippen LogP contribution in [0.2, 0.25) is 0 Å². The minimum absolute atomic E-state index is 0.335. The van der Waals surface area contributed by atoms with Crippen molar-refractivity contribution in [2.24, 2.45) is 5.92 Å². The number of nitrogens with one attached hydrogen (secondary N) is 1. The highest BCUT2D eigenvalue weighted by atomic mass is 16.5. The van der Waals surface area contributed by atoms with Gasteiger partial charge in [-0.25, -0.2) is 0 Å². The average molecular weight is 215 g/mol. The second kappa shape index (κ2) is 7.20. The molecule has 0 aromatic carbocycles. The summed E-state index contributed by atoms with van der Waals surface area (Å²) < 4.78 is 11.3. The molecule has 3 nitrogen and oxygen atoms in total. The predicted octanol–water partition coefficient (Wildman–Crippen LogP) is 1.82. The average Bonchev–Trinajstić information content (AvgIpc) is 2.76. The Kier molecular flexibility index (Phi) is 6.22. The molecule has 1 N–H and O–H groups in total. The molecule has 15 heavy (non-hydrogen) atoms. The summed E-state index contributed by atoms with van der Waals surface area (Å²) >= 11 is 0. The van der Waals surface area contributed by atoms with Crippen LogP contribution >= 0.6 is 0 Å².